The number of benzene rings is 3. The number of hydrogen-bond donors (Lipinski definition) is 3. The number of aryl methyl sites for hydroxylation is 2. The van der Waals surface area contributed by atoms with Gasteiger partial charge in [-0.05, 0) is 74.1 Å². The first-order valence-corrected chi connectivity index (χ1v) is 16.1. The molecule has 0 bridgehead atoms. The predicted octanol–water partition coefficient (Wildman–Crippen LogP) is 5.36. The summed E-state index contributed by atoms with van der Waals surface area (Å²) in [5.74, 6) is 0.361. The molecule has 0 aliphatic carbocycles. The Morgan fingerprint density at radius 3 is 1.91 bits per heavy atom. The average Bonchev–Trinajstić information content (AvgIpc) is 3.01. The fourth-order valence-electron chi connectivity index (χ4n) is 6.09. The second-order valence-corrected chi connectivity index (χ2v) is 12.4. The van der Waals surface area contributed by atoms with E-state index in [0.717, 1.165) is 34.4 Å². The molecule has 1 fully saturated rings. The highest BCUT2D eigenvalue weighted by Gasteiger charge is 2.34. The van der Waals surface area contributed by atoms with Gasteiger partial charge in [0.1, 0.15) is 11.8 Å². The Morgan fingerprint density at radius 2 is 1.38 bits per heavy atom. The van der Waals surface area contributed by atoms with Gasteiger partial charge in [-0.15, -0.1) is 0 Å². The summed E-state index contributed by atoms with van der Waals surface area (Å²) in [6.45, 7) is 9.01. The van der Waals surface area contributed by atoms with E-state index in [1.54, 1.807) is 4.90 Å². The van der Waals surface area contributed by atoms with Crippen LogP contribution in [0.25, 0.3) is 0 Å². The van der Waals surface area contributed by atoms with E-state index in [1.165, 1.54) is 0 Å². The van der Waals surface area contributed by atoms with Crippen LogP contribution < -0.4 is 20.7 Å². The van der Waals surface area contributed by atoms with E-state index in [2.05, 4.69) is 40.2 Å². The first-order valence-electron chi connectivity index (χ1n) is 16.1. The minimum absolute atomic E-state index is 0.0479. The molecular weight excluding hydrogens is 564 g/mol. The zero-order valence-corrected chi connectivity index (χ0v) is 27.1. The van der Waals surface area contributed by atoms with E-state index in [-0.39, 0.29) is 42.5 Å². The SMILES string of the molecule is Cc1cccc(C)c1OCC(=O)N[C@@H](CC[C@@H](Cc1ccccc1)NC(=O)[C@H](C(C)C)N1CCCNC1=O)Cc1ccccc1. The third-order valence-corrected chi connectivity index (χ3v) is 8.33. The summed E-state index contributed by atoms with van der Waals surface area (Å²) in [6.07, 6.45) is 3.41. The second kappa shape index (κ2) is 16.7. The van der Waals surface area contributed by atoms with Gasteiger partial charge in [0.05, 0.1) is 0 Å². The van der Waals surface area contributed by atoms with E-state index in [1.807, 2.05) is 82.3 Å². The van der Waals surface area contributed by atoms with Crippen LogP contribution in [0, 0.1) is 19.8 Å². The lowest BCUT2D eigenvalue weighted by Crippen LogP contribution is -2.59. The van der Waals surface area contributed by atoms with Gasteiger partial charge in [0, 0.05) is 25.2 Å². The van der Waals surface area contributed by atoms with Crippen LogP contribution in [0.4, 0.5) is 4.79 Å². The van der Waals surface area contributed by atoms with E-state index >= 15 is 0 Å². The summed E-state index contributed by atoms with van der Waals surface area (Å²) >= 11 is 0. The normalized spacial score (nSPS) is 15.1. The third kappa shape index (κ3) is 10.1. The van der Waals surface area contributed by atoms with E-state index in [4.69, 9.17) is 4.74 Å². The lowest BCUT2D eigenvalue weighted by Gasteiger charge is -2.37. The van der Waals surface area contributed by atoms with Gasteiger partial charge in [0.25, 0.3) is 5.91 Å². The van der Waals surface area contributed by atoms with Crippen molar-refractivity contribution in [3.05, 3.63) is 101 Å². The molecule has 0 aromatic heterocycles. The number of urea groups is 1. The van der Waals surface area contributed by atoms with Crippen molar-refractivity contribution in [1.29, 1.82) is 0 Å². The minimum Gasteiger partial charge on any atom is -0.483 e. The highest BCUT2D eigenvalue weighted by molar-refractivity contribution is 5.87. The summed E-state index contributed by atoms with van der Waals surface area (Å²) in [5, 5.41) is 9.39. The topological polar surface area (TPSA) is 99.8 Å². The Hall–Kier alpha value is -4.33. The van der Waals surface area contributed by atoms with Gasteiger partial charge in [-0.3, -0.25) is 9.59 Å². The van der Waals surface area contributed by atoms with Crippen LogP contribution in [0.2, 0.25) is 0 Å². The zero-order chi connectivity index (χ0) is 32.2. The van der Waals surface area contributed by atoms with Gasteiger partial charge in [-0.25, -0.2) is 4.79 Å². The zero-order valence-electron chi connectivity index (χ0n) is 27.1. The molecule has 3 atom stereocenters. The third-order valence-electron chi connectivity index (χ3n) is 8.33. The molecule has 4 rings (SSSR count). The van der Waals surface area contributed by atoms with Gasteiger partial charge in [0.2, 0.25) is 5.91 Å². The van der Waals surface area contributed by atoms with Crippen molar-refractivity contribution in [2.24, 2.45) is 5.92 Å². The van der Waals surface area contributed by atoms with Crippen LogP contribution in [0.5, 0.6) is 5.75 Å². The highest BCUT2D eigenvalue weighted by atomic mass is 16.5. The maximum atomic E-state index is 13.8. The summed E-state index contributed by atoms with van der Waals surface area (Å²) in [7, 11) is 0. The Morgan fingerprint density at radius 1 is 0.822 bits per heavy atom. The van der Waals surface area contributed by atoms with Crippen molar-refractivity contribution in [1.82, 2.24) is 20.9 Å². The van der Waals surface area contributed by atoms with Gasteiger partial charge in [-0.2, -0.15) is 0 Å². The summed E-state index contributed by atoms with van der Waals surface area (Å²) < 4.78 is 5.95. The Kier molecular flexibility index (Phi) is 12.4. The van der Waals surface area contributed by atoms with E-state index < -0.39 is 6.04 Å². The van der Waals surface area contributed by atoms with Gasteiger partial charge < -0.3 is 25.6 Å². The molecular formula is C37H48N4O4. The van der Waals surface area contributed by atoms with E-state index in [0.29, 0.717) is 38.8 Å². The Bertz CT molecular complexity index is 1380. The molecule has 1 heterocycles. The fourth-order valence-corrected chi connectivity index (χ4v) is 6.09. The van der Waals surface area contributed by atoms with Crippen molar-refractivity contribution in [2.75, 3.05) is 19.7 Å². The van der Waals surface area contributed by atoms with Crippen molar-refractivity contribution in [3.63, 3.8) is 0 Å². The van der Waals surface area contributed by atoms with Crippen LogP contribution in [0.1, 0.15) is 55.4 Å². The first-order chi connectivity index (χ1) is 21.7. The molecule has 0 saturated carbocycles. The summed E-state index contributed by atoms with van der Waals surface area (Å²) in [5.41, 5.74) is 4.22. The molecule has 1 saturated heterocycles. The molecule has 8 nitrogen and oxygen atoms in total. The number of hydrogen-bond acceptors (Lipinski definition) is 4. The van der Waals surface area contributed by atoms with Crippen molar-refractivity contribution >= 4 is 17.8 Å². The molecule has 0 radical (unpaired) electrons. The quantitative estimate of drug-likeness (QED) is 0.215. The maximum absolute atomic E-state index is 13.8. The van der Waals surface area contributed by atoms with Crippen LogP contribution in [0.3, 0.4) is 0 Å². The smallest absolute Gasteiger partial charge is 0.318 e. The van der Waals surface area contributed by atoms with Crippen LogP contribution >= 0.6 is 0 Å². The lowest BCUT2D eigenvalue weighted by molar-refractivity contribution is -0.128. The number of nitrogens with one attached hydrogen (secondary N) is 3. The molecule has 240 valence electrons. The predicted molar refractivity (Wildman–Crippen MR) is 178 cm³/mol. The first kappa shape index (κ1) is 33.6. The monoisotopic (exact) mass is 612 g/mol. The summed E-state index contributed by atoms with van der Waals surface area (Å²) in [6, 6.07) is 25.0. The number of carbonyl (C=O) groups excluding carboxylic acids is 3. The Balaban J connectivity index is 1.48. The standard InChI is InChI=1S/C37H48N4O4/c1-26(2)34(41-22-12-21-38-37(41)44)36(43)40-32(24-30-17-9-6-10-18-30)20-19-31(23-29-15-7-5-8-16-29)39-33(42)25-45-35-27(3)13-11-14-28(35)4/h5-11,13-18,26,31-32,34H,12,19-25H2,1-4H3,(H,38,44)(H,39,42)(H,40,43)/t31-,32-,34-/m0/s1. The number of amides is 4. The molecule has 1 aliphatic heterocycles. The molecule has 4 amide bonds. The molecule has 8 heteroatoms. The van der Waals surface area contributed by atoms with Crippen LogP contribution in [-0.4, -0.2) is 60.6 Å². The molecule has 3 aromatic rings. The lowest BCUT2D eigenvalue weighted by atomic mass is 9.94. The Labute approximate surface area is 267 Å². The largest absolute Gasteiger partial charge is 0.483 e. The molecule has 3 aromatic carbocycles. The van der Waals surface area contributed by atoms with Gasteiger partial charge in [0.15, 0.2) is 6.61 Å². The van der Waals surface area contributed by atoms with Gasteiger partial charge in [-0.1, -0.05) is 92.7 Å². The minimum atomic E-state index is -0.564. The van der Waals surface area contributed by atoms with Crippen LogP contribution in [-0.2, 0) is 22.4 Å². The highest BCUT2D eigenvalue weighted by Crippen LogP contribution is 2.22. The van der Waals surface area contributed by atoms with Crippen molar-refractivity contribution in [3.8, 4) is 5.75 Å². The number of nitrogens with zero attached hydrogens (tertiary/aromatic N) is 1. The van der Waals surface area contributed by atoms with Crippen molar-refractivity contribution < 1.29 is 19.1 Å². The number of rotatable bonds is 15. The molecule has 3 N–H and O–H groups in total. The average molecular weight is 613 g/mol. The molecule has 1 aliphatic rings. The second-order valence-electron chi connectivity index (χ2n) is 12.4. The number of para-hydroxylation sites is 1. The van der Waals surface area contributed by atoms with Crippen LogP contribution in [0.15, 0.2) is 78.9 Å². The molecule has 0 unspecified atom stereocenters. The van der Waals surface area contributed by atoms with E-state index in [9.17, 15) is 14.4 Å². The summed E-state index contributed by atoms with van der Waals surface area (Å²) in [4.78, 5) is 41.3. The molecule has 0 spiro atoms. The van der Waals surface area contributed by atoms with Crippen molar-refractivity contribution in [2.45, 2.75) is 77.9 Å². The maximum Gasteiger partial charge on any atom is 0.318 e. The fraction of sp³-hybridized carbons (Fsp3) is 0.432. The number of carbonyl (C=O) groups is 3. The number of ether oxygens (including phenoxy) is 1. The van der Waals surface area contributed by atoms with Gasteiger partial charge >= 0.3 is 6.03 Å². The molecule has 45 heavy (non-hydrogen) atoms.